The Labute approximate surface area is 114 Å². The highest BCUT2D eigenvalue weighted by Gasteiger charge is 2.15. The summed E-state index contributed by atoms with van der Waals surface area (Å²) in [6.07, 6.45) is 0. The number of hydrogen-bond acceptors (Lipinski definition) is 3. The minimum Gasteiger partial charge on any atom is -0.392 e. The molecule has 0 saturated carbocycles. The smallest absolute Gasteiger partial charge is 0.261 e. The number of aliphatic hydroxyl groups is 1. The van der Waals surface area contributed by atoms with Gasteiger partial charge in [-0.1, -0.05) is 12.1 Å². The number of hydrogen-bond donors (Lipinski definition) is 2. The van der Waals surface area contributed by atoms with Crippen molar-refractivity contribution in [1.29, 1.82) is 0 Å². The van der Waals surface area contributed by atoms with Crippen molar-refractivity contribution in [2.75, 3.05) is 4.72 Å². The molecular formula is C13H11F2NO3S. The molecule has 0 aliphatic carbocycles. The maximum atomic E-state index is 13.0. The van der Waals surface area contributed by atoms with E-state index in [1.807, 2.05) is 0 Å². The molecule has 2 aromatic rings. The minimum atomic E-state index is -3.97. The molecule has 0 atom stereocenters. The average Bonchev–Trinajstić information content (AvgIpc) is 2.37. The van der Waals surface area contributed by atoms with Crippen LogP contribution in [0.5, 0.6) is 0 Å². The summed E-state index contributed by atoms with van der Waals surface area (Å²) in [4.78, 5) is -0.103. The largest absolute Gasteiger partial charge is 0.392 e. The normalized spacial score (nSPS) is 11.3. The van der Waals surface area contributed by atoms with Crippen molar-refractivity contribution in [2.24, 2.45) is 0 Å². The average molecular weight is 299 g/mol. The molecule has 0 unspecified atom stereocenters. The van der Waals surface area contributed by atoms with Gasteiger partial charge in [-0.3, -0.25) is 4.72 Å². The van der Waals surface area contributed by atoms with E-state index in [-0.39, 0.29) is 17.2 Å². The van der Waals surface area contributed by atoms with Gasteiger partial charge < -0.3 is 5.11 Å². The molecule has 0 amide bonds. The van der Waals surface area contributed by atoms with Gasteiger partial charge in [-0.05, 0) is 29.8 Å². The predicted molar refractivity (Wildman–Crippen MR) is 69.5 cm³/mol. The van der Waals surface area contributed by atoms with Crippen LogP contribution in [0.1, 0.15) is 5.56 Å². The maximum Gasteiger partial charge on any atom is 0.261 e. The van der Waals surface area contributed by atoms with Crippen LogP contribution in [-0.2, 0) is 16.6 Å². The summed E-state index contributed by atoms with van der Waals surface area (Å²) in [5, 5.41) is 8.98. The summed E-state index contributed by atoms with van der Waals surface area (Å²) in [7, 11) is -3.97. The fourth-order valence-corrected chi connectivity index (χ4v) is 2.75. The van der Waals surface area contributed by atoms with Gasteiger partial charge in [0.15, 0.2) is 0 Å². The van der Waals surface area contributed by atoms with Crippen LogP contribution in [0.15, 0.2) is 47.4 Å². The minimum absolute atomic E-state index is 0.103. The molecule has 0 aliphatic heterocycles. The Bertz CT molecular complexity index is 712. The van der Waals surface area contributed by atoms with E-state index in [0.29, 0.717) is 11.6 Å². The van der Waals surface area contributed by atoms with Crippen LogP contribution in [0.3, 0.4) is 0 Å². The summed E-state index contributed by atoms with van der Waals surface area (Å²) in [6.45, 7) is -0.308. The number of halogens is 2. The van der Waals surface area contributed by atoms with E-state index in [2.05, 4.69) is 4.72 Å². The van der Waals surface area contributed by atoms with Crippen LogP contribution in [0.25, 0.3) is 0 Å². The first kappa shape index (κ1) is 14.4. The van der Waals surface area contributed by atoms with E-state index in [9.17, 15) is 17.2 Å². The maximum absolute atomic E-state index is 13.0. The van der Waals surface area contributed by atoms with Crippen molar-refractivity contribution in [1.82, 2.24) is 0 Å². The van der Waals surface area contributed by atoms with Crippen molar-refractivity contribution >= 4 is 15.7 Å². The molecule has 0 spiro atoms. The molecule has 0 aromatic heterocycles. The Morgan fingerprint density at radius 3 is 2.30 bits per heavy atom. The second-order valence-corrected chi connectivity index (χ2v) is 5.75. The van der Waals surface area contributed by atoms with Gasteiger partial charge in [0.2, 0.25) is 0 Å². The highest BCUT2D eigenvalue weighted by Crippen LogP contribution is 2.19. The third-order valence-electron chi connectivity index (χ3n) is 2.51. The Kier molecular flexibility index (Phi) is 4.01. The van der Waals surface area contributed by atoms with E-state index in [1.54, 1.807) is 6.07 Å². The molecule has 106 valence electrons. The molecule has 4 nitrogen and oxygen atoms in total. The number of rotatable bonds is 4. The van der Waals surface area contributed by atoms with Crippen LogP contribution in [0.4, 0.5) is 14.5 Å². The molecule has 0 heterocycles. The monoisotopic (exact) mass is 299 g/mol. The van der Waals surface area contributed by atoms with Gasteiger partial charge in [0.25, 0.3) is 10.0 Å². The van der Waals surface area contributed by atoms with Gasteiger partial charge in [0.05, 0.1) is 17.2 Å². The number of anilines is 1. The lowest BCUT2D eigenvalue weighted by molar-refractivity contribution is 0.281. The highest BCUT2D eigenvalue weighted by atomic mass is 32.2. The molecule has 0 fully saturated rings. The Hall–Kier alpha value is -1.99. The summed E-state index contributed by atoms with van der Waals surface area (Å²) in [6, 6.07) is 8.00. The number of nitrogens with one attached hydrogen (secondary N) is 1. The first-order valence-corrected chi connectivity index (χ1v) is 7.08. The molecule has 2 aromatic carbocycles. The predicted octanol–water partition coefficient (Wildman–Crippen LogP) is 2.26. The lowest BCUT2D eigenvalue weighted by Gasteiger charge is -2.09. The fourth-order valence-electron chi connectivity index (χ4n) is 1.64. The molecule has 0 saturated heterocycles. The molecule has 0 aliphatic rings. The fraction of sp³-hybridized carbons (Fsp3) is 0.0769. The second-order valence-electron chi connectivity index (χ2n) is 4.07. The molecule has 2 N–H and O–H groups in total. The van der Waals surface area contributed by atoms with Crippen LogP contribution in [0, 0.1) is 11.6 Å². The summed E-state index contributed by atoms with van der Waals surface area (Å²) >= 11 is 0. The van der Waals surface area contributed by atoms with Crippen LogP contribution in [0.2, 0.25) is 0 Å². The van der Waals surface area contributed by atoms with Crippen molar-refractivity contribution in [3.63, 3.8) is 0 Å². The lowest BCUT2D eigenvalue weighted by Crippen LogP contribution is -2.13. The first-order chi connectivity index (χ1) is 9.40. The summed E-state index contributed by atoms with van der Waals surface area (Å²) < 4.78 is 52.2. The van der Waals surface area contributed by atoms with E-state index in [0.717, 1.165) is 12.1 Å². The van der Waals surface area contributed by atoms with Gasteiger partial charge in [-0.2, -0.15) is 0 Å². The third kappa shape index (κ3) is 3.31. The zero-order valence-electron chi connectivity index (χ0n) is 10.2. The van der Waals surface area contributed by atoms with Crippen LogP contribution >= 0.6 is 0 Å². The molecular weight excluding hydrogens is 288 g/mol. The topological polar surface area (TPSA) is 66.4 Å². The van der Waals surface area contributed by atoms with Gasteiger partial charge in [0, 0.05) is 6.07 Å². The van der Waals surface area contributed by atoms with Crippen molar-refractivity contribution in [3.05, 3.63) is 59.7 Å². The van der Waals surface area contributed by atoms with E-state index in [4.69, 9.17) is 5.11 Å². The van der Waals surface area contributed by atoms with Crippen molar-refractivity contribution in [3.8, 4) is 0 Å². The van der Waals surface area contributed by atoms with Crippen LogP contribution in [-0.4, -0.2) is 13.5 Å². The van der Waals surface area contributed by atoms with E-state index >= 15 is 0 Å². The quantitative estimate of drug-likeness (QED) is 0.910. The zero-order valence-corrected chi connectivity index (χ0v) is 11.0. The number of benzene rings is 2. The molecule has 2 rings (SSSR count). The SMILES string of the molecule is O=S(=O)(Nc1cc(F)cc(F)c1)c1cccc(CO)c1. The van der Waals surface area contributed by atoms with E-state index < -0.39 is 21.7 Å². The third-order valence-corrected chi connectivity index (χ3v) is 3.89. The second kappa shape index (κ2) is 5.56. The van der Waals surface area contributed by atoms with Crippen molar-refractivity contribution < 1.29 is 22.3 Å². The summed E-state index contributed by atoms with van der Waals surface area (Å²) in [5.74, 6) is -1.77. The van der Waals surface area contributed by atoms with Gasteiger partial charge in [0.1, 0.15) is 11.6 Å². The van der Waals surface area contributed by atoms with Gasteiger partial charge >= 0.3 is 0 Å². The zero-order chi connectivity index (χ0) is 14.8. The van der Waals surface area contributed by atoms with Crippen molar-refractivity contribution in [2.45, 2.75) is 11.5 Å². The number of aliphatic hydroxyl groups excluding tert-OH is 1. The number of sulfonamides is 1. The Balaban J connectivity index is 2.35. The molecule has 20 heavy (non-hydrogen) atoms. The van der Waals surface area contributed by atoms with Gasteiger partial charge in [-0.25, -0.2) is 17.2 Å². The lowest BCUT2D eigenvalue weighted by atomic mass is 10.2. The standard InChI is InChI=1S/C13H11F2NO3S/c14-10-5-11(15)7-12(6-10)16-20(18,19)13-3-1-2-9(4-13)8-17/h1-7,16-17H,8H2. The van der Waals surface area contributed by atoms with E-state index in [1.165, 1.54) is 18.2 Å². The molecule has 0 bridgehead atoms. The Morgan fingerprint density at radius 2 is 1.70 bits per heavy atom. The van der Waals surface area contributed by atoms with Crippen LogP contribution < -0.4 is 4.72 Å². The highest BCUT2D eigenvalue weighted by molar-refractivity contribution is 7.92. The first-order valence-electron chi connectivity index (χ1n) is 5.59. The molecule has 7 heteroatoms. The Morgan fingerprint density at radius 1 is 1.05 bits per heavy atom. The van der Waals surface area contributed by atoms with Gasteiger partial charge in [-0.15, -0.1) is 0 Å². The molecule has 0 radical (unpaired) electrons. The summed E-state index contributed by atoms with van der Waals surface area (Å²) in [5.41, 5.74) is 0.204.